The third-order valence-corrected chi connectivity index (χ3v) is 8.59. The molecule has 0 saturated carbocycles. The van der Waals surface area contributed by atoms with E-state index in [1.54, 1.807) is 12.1 Å². The summed E-state index contributed by atoms with van der Waals surface area (Å²) in [5.41, 5.74) is 5.59. The van der Waals surface area contributed by atoms with Crippen LogP contribution in [0.15, 0.2) is 60.9 Å². The van der Waals surface area contributed by atoms with E-state index in [0.29, 0.717) is 34.0 Å². The first kappa shape index (κ1) is 40.8. The van der Waals surface area contributed by atoms with E-state index < -0.39 is 35.8 Å². The predicted molar refractivity (Wildman–Crippen MR) is 199 cm³/mol. The van der Waals surface area contributed by atoms with E-state index in [4.69, 9.17) is 18.9 Å². The number of carboxylic acid groups (broad SMARTS) is 2. The van der Waals surface area contributed by atoms with Gasteiger partial charge in [-0.25, -0.2) is 0 Å². The average Bonchev–Trinajstić information content (AvgIpc) is 3.16. The first-order valence-electron chi connectivity index (χ1n) is 16.7. The van der Waals surface area contributed by atoms with Crippen LogP contribution in [0.3, 0.4) is 0 Å². The normalized spacial score (nSPS) is 12.0. The molecule has 54 heavy (non-hydrogen) atoms. The fraction of sp³-hybridized carbons (Fsp3) is 0.316. The second kappa shape index (κ2) is 19.2. The lowest BCUT2D eigenvalue weighted by Gasteiger charge is -2.17. The van der Waals surface area contributed by atoms with Gasteiger partial charge in [-0.1, -0.05) is 24.3 Å². The number of rotatable bonds is 19. The number of carbonyl (C=O) groups excluding carboxylic acids is 2. The van der Waals surface area contributed by atoms with Crippen molar-refractivity contribution in [1.82, 2.24) is 20.6 Å². The van der Waals surface area contributed by atoms with Gasteiger partial charge in [0.05, 0.1) is 27.4 Å². The molecule has 2 amide bonds. The Bertz CT molecular complexity index is 1850. The van der Waals surface area contributed by atoms with Crippen LogP contribution in [0.25, 0.3) is 11.1 Å². The maximum atomic E-state index is 13.4. The summed E-state index contributed by atoms with van der Waals surface area (Å²) in [6.45, 7) is 3.94. The quantitative estimate of drug-likeness (QED) is 0.0808. The molecule has 2 heterocycles. The fourth-order valence-corrected chi connectivity index (χ4v) is 5.56. The van der Waals surface area contributed by atoms with Gasteiger partial charge in [0.25, 0.3) is 11.8 Å². The molecule has 0 fully saturated rings. The molecule has 0 saturated heterocycles. The van der Waals surface area contributed by atoms with E-state index in [0.717, 1.165) is 22.3 Å². The summed E-state index contributed by atoms with van der Waals surface area (Å²) in [6, 6.07) is 12.1. The van der Waals surface area contributed by atoms with Gasteiger partial charge in [-0.15, -0.1) is 0 Å². The average molecular weight is 745 g/mol. The van der Waals surface area contributed by atoms with Gasteiger partial charge >= 0.3 is 11.9 Å². The van der Waals surface area contributed by atoms with E-state index >= 15 is 0 Å². The van der Waals surface area contributed by atoms with Gasteiger partial charge in [0, 0.05) is 74.3 Å². The molecule has 0 spiro atoms. The summed E-state index contributed by atoms with van der Waals surface area (Å²) >= 11 is 0. The van der Waals surface area contributed by atoms with Crippen LogP contribution in [0.1, 0.15) is 43.2 Å². The number of aromatic nitrogens is 2. The number of hydrogen-bond acceptors (Lipinski definition) is 12. The van der Waals surface area contributed by atoms with Crippen molar-refractivity contribution in [1.29, 1.82) is 0 Å². The van der Waals surface area contributed by atoms with Gasteiger partial charge in [-0.05, 0) is 48.2 Å². The molecule has 2 atom stereocenters. The molecule has 0 bridgehead atoms. The minimum absolute atomic E-state index is 0.0288. The lowest BCUT2D eigenvalue weighted by molar-refractivity contribution is -0.141. The molecule has 4 aromatic rings. The highest BCUT2D eigenvalue weighted by Gasteiger charge is 2.21. The smallest absolute Gasteiger partial charge is 0.323 e. The molecule has 2 aromatic carbocycles. The van der Waals surface area contributed by atoms with Crippen LogP contribution in [-0.4, -0.2) is 97.7 Å². The Labute approximate surface area is 312 Å². The van der Waals surface area contributed by atoms with Crippen molar-refractivity contribution >= 4 is 35.1 Å². The summed E-state index contributed by atoms with van der Waals surface area (Å²) in [5.74, 6) is -2.36. The predicted octanol–water partition coefficient (Wildman–Crippen LogP) is 3.66. The van der Waals surface area contributed by atoms with Crippen molar-refractivity contribution in [3.63, 3.8) is 0 Å². The Morgan fingerprint density at radius 2 is 1.04 bits per heavy atom. The van der Waals surface area contributed by atoms with E-state index in [1.807, 2.05) is 38.1 Å². The minimum Gasteiger partial charge on any atom is -0.496 e. The number of amides is 2. The number of carboxylic acids is 2. The van der Waals surface area contributed by atoms with Gasteiger partial charge in [-0.3, -0.25) is 39.8 Å². The fourth-order valence-electron chi connectivity index (χ4n) is 5.56. The number of aliphatic carboxylic acids is 2. The summed E-state index contributed by atoms with van der Waals surface area (Å²) < 4.78 is 20.8. The first-order chi connectivity index (χ1) is 25.9. The number of anilines is 2. The highest BCUT2D eigenvalue weighted by molar-refractivity contribution is 6.05. The molecular weight excluding hydrogens is 700 g/mol. The third kappa shape index (κ3) is 10.1. The van der Waals surface area contributed by atoms with E-state index in [-0.39, 0.29) is 37.7 Å². The molecule has 2 aromatic heterocycles. The molecule has 4 rings (SSSR count). The molecule has 286 valence electrons. The third-order valence-electron chi connectivity index (χ3n) is 8.59. The van der Waals surface area contributed by atoms with Crippen molar-refractivity contribution < 1.29 is 48.3 Å². The lowest BCUT2D eigenvalue weighted by Crippen LogP contribution is -2.39. The van der Waals surface area contributed by atoms with Gasteiger partial charge < -0.3 is 39.8 Å². The van der Waals surface area contributed by atoms with E-state index in [9.17, 15) is 29.4 Å². The van der Waals surface area contributed by atoms with Gasteiger partial charge in [-0.2, -0.15) is 0 Å². The molecule has 0 aliphatic heterocycles. The topological polar surface area (TPSA) is 220 Å². The Kier molecular flexibility index (Phi) is 14.5. The lowest BCUT2D eigenvalue weighted by atomic mass is 9.94. The molecule has 16 heteroatoms. The van der Waals surface area contributed by atoms with Gasteiger partial charge in [0.15, 0.2) is 0 Å². The SMILES string of the molecule is COC[C@H](NCc1cnc(C(=O)Nc2cccc(-c3cccc(NC(=O)c4cc(OC)c(CN[C@@H](COC)C(=O)O)cn4)c3C)c2C)cc1OC)C(=O)O. The van der Waals surface area contributed by atoms with Crippen molar-refractivity contribution in [2.75, 3.05) is 52.3 Å². The van der Waals surface area contributed by atoms with E-state index in [1.165, 1.54) is 53.0 Å². The molecular formula is C38H44N6O10. The van der Waals surface area contributed by atoms with Crippen molar-refractivity contribution in [2.45, 2.75) is 39.0 Å². The number of benzene rings is 2. The first-order valence-corrected chi connectivity index (χ1v) is 16.7. The Morgan fingerprint density at radius 1 is 0.648 bits per heavy atom. The van der Waals surface area contributed by atoms with Crippen LogP contribution in [0.4, 0.5) is 11.4 Å². The Morgan fingerprint density at radius 3 is 1.37 bits per heavy atom. The van der Waals surface area contributed by atoms with Crippen LogP contribution in [0, 0.1) is 13.8 Å². The van der Waals surface area contributed by atoms with Crippen LogP contribution in [-0.2, 0) is 32.2 Å². The Balaban J connectivity index is 1.50. The number of carbonyl (C=O) groups is 4. The standard InChI is InChI=1S/C38H44N6O10/c1-21-25(9-7-11-27(21)43-35(45)29-13-33(53-5)23(15-39-29)17-41-31(19-51-3)37(47)48)26-10-8-12-28(22(26)2)44-36(46)30-14-34(54-6)24(16-40-30)18-42-32(20-52-4)38(49)50/h7-16,31-32,41-42H,17-20H2,1-6H3,(H,43,45)(H,44,46)(H,47,48)(H,49,50)/t31-,32-/m0/s1. The monoisotopic (exact) mass is 744 g/mol. The van der Waals surface area contributed by atoms with Gasteiger partial charge in [0.1, 0.15) is 35.0 Å². The molecule has 6 N–H and O–H groups in total. The zero-order valence-electron chi connectivity index (χ0n) is 30.8. The van der Waals surface area contributed by atoms with Crippen LogP contribution < -0.4 is 30.7 Å². The van der Waals surface area contributed by atoms with Crippen molar-refractivity contribution in [2.24, 2.45) is 0 Å². The summed E-state index contributed by atoms with van der Waals surface area (Å²) in [5, 5.41) is 30.4. The van der Waals surface area contributed by atoms with Crippen LogP contribution >= 0.6 is 0 Å². The van der Waals surface area contributed by atoms with Gasteiger partial charge in [0.2, 0.25) is 0 Å². The maximum absolute atomic E-state index is 13.4. The van der Waals surface area contributed by atoms with Crippen LogP contribution in [0.5, 0.6) is 11.5 Å². The maximum Gasteiger partial charge on any atom is 0.323 e. The Hall–Kier alpha value is -5.94. The number of methoxy groups -OCH3 is 4. The summed E-state index contributed by atoms with van der Waals surface area (Å²) in [7, 11) is 5.72. The largest absolute Gasteiger partial charge is 0.496 e. The second-order valence-electron chi connectivity index (χ2n) is 12.1. The molecule has 0 aliphatic carbocycles. The number of pyridine rings is 2. The number of nitrogens with zero attached hydrogens (tertiary/aromatic N) is 2. The number of ether oxygens (including phenoxy) is 4. The summed E-state index contributed by atoms with van der Waals surface area (Å²) in [4.78, 5) is 58.2. The molecule has 0 radical (unpaired) electrons. The zero-order valence-corrected chi connectivity index (χ0v) is 30.8. The highest BCUT2D eigenvalue weighted by Crippen LogP contribution is 2.34. The number of nitrogens with one attached hydrogen (secondary N) is 4. The number of hydrogen-bond donors (Lipinski definition) is 6. The molecule has 16 nitrogen and oxygen atoms in total. The van der Waals surface area contributed by atoms with Crippen molar-refractivity contribution in [3.8, 4) is 22.6 Å². The molecule has 0 unspecified atom stereocenters. The zero-order chi connectivity index (χ0) is 39.4. The second-order valence-corrected chi connectivity index (χ2v) is 12.1. The molecule has 0 aliphatic rings. The summed E-state index contributed by atoms with van der Waals surface area (Å²) in [6.07, 6.45) is 2.91. The highest BCUT2D eigenvalue weighted by atomic mass is 16.5. The van der Waals surface area contributed by atoms with E-state index in [2.05, 4.69) is 31.2 Å². The van der Waals surface area contributed by atoms with Crippen LogP contribution in [0.2, 0.25) is 0 Å². The minimum atomic E-state index is -1.06. The van der Waals surface area contributed by atoms with Crippen molar-refractivity contribution in [3.05, 3.63) is 94.6 Å².